The van der Waals surface area contributed by atoms with E-state index in [1.54, 1.807) is 5.57 Å². The van der Waals surface area contributed by atoms with Crippen molar-refractivity contribution in [1.82, 2.24) is 10.2 Å². The standard InChI is InChI=1S/C30H46N2O3/c1-25(2,24(34)35)13-14-27(5)15-16-30(8)22-18(31-32-23(22)27)17-20-28(6)11-10-21(33)26(3,4)19(28)9-12-29(20,30)7/h17,19,21,33H,9-16H2,1-8H3,(H,31,32)(H,34,35). The fourth-order valence-electron chi connectivity index (χ4n) is 9.01. The summed E-state index contributed by atoms with van der Waals surface area (Å²) < 4.78 is 0. The highest BCUT2D eigenvalue weighted by Crippen LogP contribution is 2.72. The van der Waals surface area contributed by atoms with Crippen LogP contribution < -0.4 is 0 Å². The predicted molar refractivity (Wildman–Crippen MR) is 139 cm³/mol. The third-order valence-corrected chi connectivity index (χ3v) is 12.1. The number of rotatable bonds is 4. The molecule has 4 aliphatic rings. The Balaban J connectivity index is 1.60. The number of carboxylic acids is 1. The minimum atomic E-state index is -0.728. The molecule has 1 aromatic rings. The molecule has 0 aliphatic heterocycles. The topological polar surface area (TPSA) is 86.2 Å². The highest BCUT2D eigenvalue weighted by Gasteiger charge is 2.65. The Morgan fingerprint density at radius 1 is 1.06 bits per heavy atom. The van der Waals surface area contributed by atoms with Crippen molar-refractivity contribution in [1.29, 1.82) is 0 Å². The van der Waals surface area contributed by atoms with Crippen molar-refractivity contribution >= 4 is 12.0 Å². The van der Waals surface area contributed by atoms with Crippen LogP contribution in [0.2, 0.25) is 0 Å². The van der Waals surface area contributed by atoms with Gasteiger partial charge in [-0.1, -0.05) is 47.1 Å². The zero-order valence-electron chi connectivity index (χ0n) is 23.1. The van der Waals surface area contributed by atoms with Gasteiger partial charge in [0.2, 0.25) is 0 Å². The number of carbonyl (C=O) groups is 1. The van der Waals surface area contributed by atoms with E-state index in [1.165, 1.54) is 11.3 Å². The largest absolute Gasteiger partial charge is 0.481 e. The van der Waals surface area contributed by atoms with Crippen LogP contribution in [0.15, 0.2) is 5.57 Å². The molecule has 1 aromatic heterocycles. The predicted octanol–water partition coefficient (Wildman–Crippen LogP) is 6.61. The summed E-state index contributed by atoms with van der Waals surface area (Å²) in [5.41, 5.74) is 4.52. The molecule has 0 bridgehead atoms. The molecule has 3 N–H and O–H groups in total. The fourth-order valence-corrected chi connectivity index (χ4v) is 9.01. The first-order valence-corrected chi connectivity index (χ1v) is 13.8. The van der Waals surface area contributed by atoms with Crippen molar-refractivity contribution in [2.24, 2.45) is 27.6 Å². The highest BCUT2D eigenvalue weighted by molar-refractivity contribution is 5.73. The molecule has 0 amide bonds. The SMILES string of the molecule is CC(C)(CCC1(C)CCC2(C)c3c(n[nH]c31)C=C1C3(C)CCC(O)C(C)(C)C3CCC12C)C(=O)O. The van der Waals surface area contributed by atoms with E-state index in [4.69, 9.17) is 5.10 Å². The van der Waals surface area contributed by atoms with Crippen LogP contribution in [0.1, 0.15) is 124 Å². The second kappa shape index (κ2) is 7.24. The van der Waals surface area contributed by atoms with E-state index in [1.807, 2.05) is 13.8 Å². The third-order valence-electron chi connectivity index (χ3n) is 12.1. The molecule has 5 heteroatoms. The minimum Gasteiger partial charge on any atom is -0.481 e. The van der Waals surface area contributed by atoms with E-state index in [0.717, 1.165) is 50.6 Å². The maximum absolute atomic E-state index is 11.8. The normalized spacial score (nSPS) is 41.9. The lowest BCUT2D eigenvalue weighted by Crippen LogP contribution is -2.60. The molecule has 35 heavy (non-hydrogen) atoms. The van der Waals surface area contributed by atoms with Crippen LogP contribution in [0.25, 0.3) is 6.08 Å². The second-order valence-corrected chi connectivity index (χ2v) is 14.7. The number of aliphatic hydroxyl groups excluding tert-OH is 1. The molecule has 194 valence electrons. The van der Waals surface area contributed by atoms with Gasteiger partial charge in [-0.15, -0.1) is 0 Å². The quantitative estimate of drug-likeness (QED) is 0.451. The summed E-state index contributed by atoms with van der Waals surface area (Å²) >= 11 is 0. The summed E-state index contributed by atoms with van der Waals surface area (Å²) in [5.74, 6) is -0.257. The van der Waals surface area contributed by atoms with Crippen LogP contribution in [-0.4, -0.2) is 32.5 Å². The number of nitrogens with zero attached hydrogens (tertiary/aromatic N) is 1. The maximum Gasteiger partial charge on any atom is 0.309 e. The van der Waals surface area contributed by atoms with E-state index in [9.17, 15) is 15.0 Å². The molecule has 6 atom stereocenters. The number of carboxylic acid groups (broad SMARTS) is 1. The van der Waals surface area contributed by atoms with Crippen molar-refractivity contribution in [2.45, 2.75) is 124 Å². The number of aromatic amines is 1. The summed E-state index contributed by atoms with van der Waals surface area (Å²) in [5, 5.41) is 29.0. The van der Waals surface area contributed by atoms with E-state index in [-0.39, 0.29) is 33.2 Å². The van der Waals surface area contributed by atoms with Crippen LogP contribution in [0.3, 0.4) is 0 Å². The first-order chi connectivity index (χ1) is 16.0. The van der Waals surface area contributed by atoms with Gasteiger partial charge in [-0.2, -0.15) is 5.10 Å². The molecule has 0 radical (unpaired) electrons. The van der Waals surface area contributed by atoms with Crippen molar-refractivity contribution in [3.05, 3.63) is 22.5 Å². The Hall–Kier alpha value is -1.62. The molecule has 4 aliphatic carbocycles. The smallest absolute Gasteiger partial charge is 0.309 e. The Kier molecular flexibility index (Phi) is 5.18. The van der Waals surface area contributed by atoms with Gasteiger partial charge in [0.15, 0.2) is 0 Å². The minimum absolute atomic E-state index is 0.00472. The summed E-state index contributed by atoms with van der Waals surface area (Å²) in [6.07, 6.45) is 10.0. The fraction of sp³-hybridized carbons (Fsp3) is 0.800. The summed E-state index contributed by atoms with van der Waals surface area (Å²) in [7, 11) is 0. The summed E-state index contributed by atoms with van der Waals surface area (Å²) in [6, 6.07) is 0. The number of hydrogen-bond acceptors (Lipinski definition) is 3. The monoisotopic (exact) mass is 482 g/mol. The molecular weight excluding hydrogens is 436 g/mol. The van der Waals surface area contributed by atoms with Gasteiger partial charge in [0.25, 0.3) is 0 Å². The Bertz CT molecular complexity index is 1100. The average molecular weight is 483 g/mol. The average Bonchev–Trinajstić information content (AvgIpc) is 3.21. The lowest BCUT2D eigenvalue weighted by Gasteiger charge is -2.66. The lowest BCUT2D eigenvalue weighted by atomic mass is 9.38. The van der Waals surface area contributed by atoms with Gasteiger partial charge >= 0.3 is 5.97 Å². The molecule has 5 nitrogen and oxygen atoms in total. The second-order valence-electron chi connectivity index (χ2n) is 14.7. The Morgan fingerprint density at radius 3 is 2.40 bits per heavy atom. The van der Waals surface area contributed by atoms with E-state index in [0.29, 0.717) is 12.3 Å². The van der Waals surface area contributed by atoms with Crippen molar-refractivity contribution in [3.8, 4) is 0 Å². The zero-order chi connectivity index (χ0) is 25.8. The first-order valence-electron chi connectivity index (χ1n) is 13.8. The van der Waals surface area contributed by atoms with Crippen molar-refractivity contribution in [2.75, 3.05) is 0 Å². The maximum atomic E-state index is 11.8. The van der Waals surface area contributed by atoms with Crippen molar-refractivity contribution < 1.29 is 15.0 Å². The molecule has 1 heterocycles. The van der Waals surface area contributed by atoms with Crippen molar-refractivity contribution in [3.63, 3.8) is 0 Å². The lowest BCUT2D eigenvalue weighted by molar-refractivity contribution is -0.147. The number of aliphatic hydroxyl groups is 1. The van der Waals surface area contributed by atoms with Gasteiger partial charge in [0.1, 0.15) is 0 Å². The molecule has 2 saturated carbocycles. The van der Waals surface area contributed by atoms with E-state index >= 15 is 0 Å². The summed E-state index contributed by atoms with van der Waals surface area (Å²) in [4.78, 5) is 11.8. The summed E-state index contributed by atoms with van der Waals surface area (Å²) in [6.45, 7) is 18.0. The van der Waals surface area contributed by atoms with Crippen LogP contribution in [0.4, 0.5) is 0 Å². The van der Waals surface area contributed by atoms with Gasteiger partial charge in [-0.3, -0.25) is 9.89 Å². The Morgan fingerprint density at radius 2 is 1.74 bits per heavy atom. The molecule has 2 fully saturated rings. The van der Waals surface area contributed by atoms with Gasteiger partial charge in [0, 0.05) is 22.1 Å². The molecule has 5 rings (SSSR count). The Labute approximate surface area is 211 Å². The van der Waals surface area contributed by atoms with E-state index < -0.39 is 11.4 Å². The van der Waals surface area contributed by atoms with Gasteiger partial charge in [-0.25, -0.2) is 0 Å². The number of fused-ring (bicyclic) bond motifs is 4. The molecule has 6 unspecified atom stereocenters. The number of aliphatic carboxylic acids is 1. The van der Waals surface area contributed by atoms with Crippen LogP contribution in [-0.2, 0) is 15.6 Å². The van der Waals surface area contributed by atoms with Crippen LogP contribution in [0, 0.1) is 27.6 Å². The number of aromatic nitrogens is 2. The number of nitrogens with one attached hydrogen (secondary N) is 1. The zero-order valence-corrected chi connectivity index (χ0v) is 23.1. The molecular formula is C30H46N2O3. The number of H-pyrrole nitrogens is 1. The van der Waals surface area contributed by atoms with Crippen LogP contribution in [0.5, 0.6) is 0 Å². The number of allylic oxidation sites excluding steroid dienone is 1. The molecule has 0 aromatic carbocycles. The molecule has 0 spiro atoms. The van der Waals surface area contributed by atoms with Gasteiger partial charge < -0.3 is 10.2 Å². The highest BCUT2D eigenvalue weighted by atomic mass is 16.4. The van der Waals surface area contributed by atoms with Crippen LogP contribution >= 0.6 is 0 Å². The van der Waals surface area contributed by atoms with Gasteiger partial charge in [0.05, 0.1) is 17.2 Å². The molecule has 0 saturated heterocycles. The van der Waals surface area contributed by atoms with E-state index in [2.05, 4.69) is 52.7 Å². The third kappa shape index (κ3) is 3.09. The number of hydrogen-bond donors (Lipinski definition) is 3. The first kappa shape index (κ1) is 25.0. The van der Waals surface area contributed by atoms with Gasteiger partial charge in [-0.05, 0) is 93.5 Å².